The van der Waals surface area contributed by atoms with Crippen LogP contribution in [0.2, 0.25) is 0 Å². The molecule has 0 amide bonds. The van der Waals surface area contributed by atoms with Gasteiger partial charge in [-0.15, -0.1) is 13.2 Å². The quantitative estimate of drug-likeness (QED) is 0.508. The molecule has 0 aliphatic rings. The number of pyridine rings is 1. The average molecular weight is 316 g/mol. The molecule has 0 spiro atoms. The van der Waals surface area contributed by atoms with Gasteiger partial charge in [0.25, 0.3) is 6.43 Å². The van der Waals surface area contributed by atoms with E-state index < -0.39 is 52.9 Å². The third-order valence-corrected chi connectivity index (χ3v) is 2.01. The topological polar surface area (TPSA) is 103 Å². The molecule has 7 nitrogen and oxygen atoms in total. The lowest BCUT2D eigenvalue weighted by Crippen LogP contribution is -2.20. The van der Waals surface area contributed by atoms with Crippen LogP contribution >= 0.6 is 0 Å². The van der Waals surface area contributed by atoms with Gasteiger partial charge in [-0.3, -0.25) is 14.9 Å². The lowest BCUT2D eigenvalue weighted by Gasteiger charge is -2.11. The van der Waals surface area contributed by atoms with Gasteiger partial charge in [0.2, 0.25) is 0 Å². The first-order valence-electron chi connectivity index (χ1n) is 4.95. The Morgan fingerprint density at radius 3 is 2.43 bits per heavy atom. The van der Waals surface area contributed by atoms with Crippen LogP contribution in [0.25, 0.3) is 0 Å². The molecule has 0 fully saturated rings. The Hall–Kier alpha value is -2.53. The van der Waals surface area contributed by atoms with Gasteiger partial charge in [-0.25, -0.2) is 13.8 Å². The van der Waals surface area contributed by atoms with Gasteiger partial charge in [-0.1, -0.05) is 0 Å². The average Bonchev–Trinajstić information content (AvgIpc) is 2.23. The van der Waals surface area contributed by atoms with Crippen molar-refractivity contribution in [2.24, 2.45) is 0 Å². The van der Waals surface area contributed by atoms with E-state index in [2.05, 4.69) is 9.72 Å². The maximum Gasteiger partial charge on any atom is 0.574 e. The number of carbonyl (C=O) groups is 1. The summed E-state index contributed by atoms with van der Waals surface area (Å²) in [5, 5.41) is 19.1. The first kappa shape index (κ1) is 16.5. The molecule has 0 radical (unpaired) electrons. The lowest BCUT2D eigenvalue weighted by atomic mass is 10.1. The van der Waals surface area contributed by atoms with Crippen LogP contribution in [-0.2, 0) is 11.2 Å². The van der Waals surface area contributed by atoms with E-state index >= 15 is 0 Å². The van der Waals surface area contributed by atoms with Gasteiger partial charge in [-0.2, -0.15) is 0 Å². The van der Waals surface area contributed by atoms with Crippen LogP contribution < -0.4 is 4.74 Å². The van der Waals surface area contributed by atoms with Crippen molar-refractivity contribution in [3.8, 4) is 5.88 Å². The lowest BCUT2D eigenvalue weighted by molar-refractivity contribution is -0.390. The Morgan fingerprint density at radius 2 is 2.05 bits per heavy atom. The summed E-state index contributed by atoms with van der Waals surface area (Å²) in [6.45, 7) is 0. The number of ether oxygens (including phenoxy) is 1. The highest BCUT2D eigenvalue weighted by atomic mass is 19.4. The second kappa shape index (κ2) is 5.85. The van der Waals surface area contributed by atoms with Crippen LogP contribution in [0.1, 0.15) is 17.7 Å². The number of hydrogen-bond acceptors (Lipinski definition) is 5. The molecule has 0 bridgehead atoms. The molecule has 1 N–H and O–H groups in total. The zero-order valence-corrected chi connectivity index (χ0v) is 9.73. The summed E-state index contributed by atoms with van der Waals surface area (Å²) in [7, 11) is 0. The molecule has 12 heteroatoms. The van der Waals surface area contributed by atoms with Crippen molar-refractivity contribution in [2.75, 3.05) is 0 Å². The summed E-state index contributed by atoms with van der Waals surface area (Å²) >= 11 is 0. The fourth-order valence-corrected chi connectivity index (χ4v) is 1.36. The fraction of sp³-hybridized carbons (Fsp3) is 0.333. The summed E-state index contributed by atoms with van der Waals surface area (Å²) in [5.41, 5.74) is -3.82. The van der Waals surface area contributed by atoms with Gasteiger partial charge >= 0.3 is 23.9 Å². The number of alkyl halides is 5. The number of rotatable bonds is 5. The van der Waals surface area contributed by atoms with Gasteiger partial charge in [0.1, 0.15) is 5.56 Å². The van der Waals surface area contributed by atoms with E-state index in [1.807, 2.05) is 0 Å². The van der Waals surface area contributed by atoms with Crippen LogP contribution in [0.3, 0.4) is 0 Å². The maximum absolute atomic E-state index is 12.7. The van der Waals surface area contributed by atoms with Crippen LogP contribution in [0.15, 0.2) is 6.07 Å². The monoisotopic (exact) mass is 316 g/mol. The third-order valence-electron chi connectivity index (χ3n) is 2.01. The first-order valence-corrected chi connectivity index (χ1v) is 4.95. The van der Waals surface area contributed by atoms with Crippen LogP contribution in [0.4, 0.5) is 27.6 Å². The highest BCUT2D eigenvalue weighted by Gasteiger charge is 2.38. The summed E-state index contributed by atoms with van der Waals surface area (Å²) in [6.07, 6.45) is -9.94. The summed E-state index contributed by atoms with van der Waals surface area (Å²) in [4.78, 5) is 22.5. The Kier molecular flexibility index (Phi) is 4.60. The summed E-state index contributed by atoms with van der Waals surface area (Å²) in [5.74, 6) is -3.31. The molecule has 0 unspecified atom stereocenters. The maximum atomic E-state index is 12.7. The molecular weight excluding hydrogens is 311 g/mol. The van der Waals surface area contributed by atoms with Gasteiger partial charge in [0.05, 0.1) is 17.0 Å². The Labute approximate surface area is 112 Å². The number of aliphatic carboxylic acids is 1. The molecule has 0 aromatic carbocycles. The van der Waals surface area contributed by atoms with E-state index in [4.69, 9.17) is 5.11 Å². The van der Waals surface area contributed by atoms with Crippen molar-refractivity contribution >= 4 is 11.7 Å². The van der Waals surface area contributed by atoms with Crippen LogP contribution in [0.5, 0.6) is 5.88 Å². The predicted octanol–water partition coefficient (Wildman–Crippen LogP) is 2.45. The van der Waals surface area contributed by atoms with E-state index in [0.29, 0.717) is 6.07 Å². The molecule has 0 aliphatic carbocycles. The van der Waals surface area contributed by atoms with Gasteiger partial charge in [0.15, 0.2) is 0 Å². The Morgan fingerprint density at radius 1 is 1.48 bits per heavy atom. The molecule has 0 aliphatic heterocycles. The summed E-state index contributed by atoms with van der Waals surface area (Å²) in [6, 6.07) is 0.347. The number of nitrogens with zero attached hydrogens (tertiary/aromatic N) is 2. The largest absolute Gasteiger partial charge is 0.574 e. The molecule has 1 aromatic heterocycles. The van der Waals surface area contributed by atoms with Crippen molar-refractivity contribution in [1.82, 2.24) is 4.98 Å². The normalized spacial score (nSPS) is 11.5. The number of aromatic nitrogens is 1. The highest BCUT2D eigenvalue weighted by Crippen LogP contribution is 2.38. The summed E-state index contributed by atoms with van der Waals surface area (Å²) < 4.78 is 65.0. The van der Waals surface area contributed by atoms with Crippen LogP contribution in [0, 0.1) is 10.1 Å². The van der Waals surface area contributed by atoms with Gasteiger partial charge in [-0.05, 0) is 6.07 Å². The number of carboxylic acids is 1. The molecule has 1 aromatic rings. The van der Waals surface area contributed by atoms with Crippen LogP contribution in [-0.4, -0.2) is 27.3 Å². The number of halogens is 5. The SMILES string of the molecule is O=C(O)Cc1cc(C(F)F)c([N+](=O)[O-])c(OC(F)(F)F)n1. The first-order chi connectivity index (χ1) is 9.51. The third kappa shape index (κ3) is 4.50. The van der Waals surface area contributed by atoms with Crippen molar-refractivity contribution in [3.05, 3.63) is 27.4 Å². The van der Waals surface area contributed by atoms with E-state index in [1.165, 1.54) is 0 Å². The van der Waals surface area contributed by atoms with E-state index in [0.717, 1.165) is 0 Å². The zero-order valence-electron chi connectivity index (χ0n) is 9.73. The minimum atomic E-state index is -5.42. The number of nitro groups is 1. The Balaban J connectivity index is 3.51. The molecule has 0 atom stereocenters. The smallest absolute Gasteiger partial charge is 0.481 e. The molecule has 0 saturated heterocycles. The van der Waals surface area contributed by atoms with Gasteiger partial charge in [0, 0.05) is 0 Å². The van der Waals surface area contributed by atoms with Crippen molar-refractivity contribution in [2.45, 2.75) is 19.2 Å². The molecule has 21 heavy (non-hydrogen) atoms. The molecule has 1 rings (SSSR count). The van der Waals surface area contributed by atoms with Gasteiger partial charge < -0.3 is 9.84 Å². The van der Waals surface area contributed by atoms with Crippen molar-refractivity contribution in [1.29, 1.82) is 0 Å². The standard InChI is InChI=1S/C9H5F5N2O5/c10-7(11)4-1-3(2-5(17)18)15-8(6(4)16(19)20)21-9(12,13)14/h1,7H,2H2,(H,17,18). The second-order valence-electron chi connectivity index (χ2n) is 3.53. The second-order valence-corrected chi connectivity index (χ2v) is 3.53. The highest BCUT2D eigenvalue weighted by molar-refractivity contribution is 5.70. The van der Waals surface area contributed by atoms with E-state index in [1.54, 1.807) is 0 Å². The number of hydrogen-bond donors (Lipinski definition) is 1. The van der Waals surface area contributed by atoms with E-state index in [9.17, 15) is 36.9 Å². The number of carboxylic acid groups (broad SMARTS) is 1. The van der Waals surface area contributed by atoms with E-state index in [-0.39, 0.29) is 0 Å². The minimum Gasteiger partial charge on any atom is -0.481 e. The molecule has 1 heterocycles. The fourth-order valence-electron chi connectivity index (χ4n) is 1.36. The molecule has 0 saturated carbocycles. The molecular formula is C9H5F5N2O5. The van der Waals surface area contributed by atoms with Crippen molar-refractivity contribution < 1.29 is 41.5 Å². The predicted molar refractivity (Wildman–Crippen MR) is 53.9 cm³/mol. The van der Waals surface area contributed by atoms with Crippen molar-refractivity contribution in [3.63, 3.8) is 0 Å². The zero-order chi connectivity index (χ0) is 16.4. The Bertz CT molecular complexity index is 574. The molecule has 116 valence electrons. The minimum absolute atomic E-state index is 0.347.